The summed E-state index contributed by atoms with van der Waals surface area (Å²) in [5, 5.41) is 14.3. The van der Waals surface area contributed by atoms with Gasteiger partial charge in [-0.3, -0.25) is 9.59 Å². The van der Waals surface area contributed by atoms with Gasteiger partial charge in [0.05, 0.1) is 6.21 Å². The molecule has 2 rings (SSSR count). The van der Waals surface area contributed by atoms with Crippen LogP contribution in [0.4, 0.5) is 13.2 Å². The third kappa shape index (κ3) is 7.84. The van der Waals surface area contributed by atoms with E-state index in [1.807, 2.05) is 0 Å². The number of hydrazone groups is 1. The number of ketones is 1. The third-order valence-corrected chi connectivity index (χ3v) is 4.46. The van der Waals surface area contributed by atoms with Gasteiger partial charge in [0, 0.05) is 11.1 Å². The smallest absolute Gasteiger partial charge is 0.482 e. The number of aliphatic carboxylic acids is 1. The van der Waals surface area contributed by atoms with Gasteiger partial charge in [-0.1, -0.05) is 12.1 Å². The van der Waals surface area contributed by atoms with E-state index in [0.717, 1.165) is 6.92 Å². The summed E-state index contributed by atoms with van der Waals surface area (Å²) in [6.07, 6.45) is -5.70. The minimum absolute atomic E-state index is 0.0590. The Hall–Kier alpha value is -4.42. The molecule has 186 valence electrons. The van der Waals surface area contributed by atoms with Gasteiger partial charge < -0.3 is 25.7 Å². The number of rotatable bonds is 10. The van der Waals surface area contributed by atoms with E-state index in [1.165, 1.54) is 54.7 Å². The average Bonchev–Trinajstić information content (AvgIpc) is 2.81. The number of carbonyl (C=O) groups excluding carboxylic acids is 3. The van der Waals surface area contributed by atoms with E-state index < -0.39 is 48.6 Å². The Kier molecular flexibility index (Phi) is 8.91. The third-order valence-electron chi connectivity index (χ3n) is 4.46. The van der Waals surface area contributed by atoms with Gasteiger partial charge in [0.2, 0.25) is 0 Å². The van der Waals surface area contributed by atoms with Crippen molar-refractivity contribution in [3.05, 3.63) is 65.2 Å². The number of Topliss-reactive ketones (excluding diaryl/α,β-unsaturated/α-hetero) is 1. The van der Waals surface area contributed by atoms with Crippen LogP contribution in [0.2, 0.25) is 0 Å². The van der Waals surface area contributed by atoms with Crippen LogP contribution in [-0.4, -0.2) is 59.9 Å². The molecule has 2 aromatic carbocycles. The number of hydrogen-bond acceptors (Lipinski definition) is 8. The Morgan fingerprint density at radius 1 is 1.06 bits per heavy atom. The zero-order valence-corrected chi connectivity index (χ0v) is 18.1. The number of carboxylic acids is 1. The van der Waals surface area contributed by atoms with Gasteiger partial charge in [0.25, 0.3) is 5.91 Å². The van der Waals surface area contributed by atoms with E-state index in [2.05, 4.69) is 15.2 Å². The fourth-order valence-corrected chi connectivity index (χ4v) is 2.77. The standard InChI is InChI=1S/C22H20F3N3O7/c1-12(35-21(33)22(23,24)25)18(28-20(32)15-4-2-13(3-5-15)10-27-26)19(31)14-6-8-16(9-7-14)34-11-17(29)30/h2-10,12,18H,11,26H2,1H3,(H,28,32)(H,29,30)/t12-,18+/m1/s1. The zero-order valence-electron chi connectivity index (χ0n) is 18.1. The van der Waals surface area contributed by atoms with Gasteiger partial charge in [-0.2, -0.15) is 18.3 Å². The number of esters is 1. The van der Waals surface area contributed by atoms with Gasteiger partial charge in [-0.05, 0) is 48.9 Å². The molecule has 0 fully saturated rings. The molecule has 0 spiro atoms. The molecule has 0 unspecified atom stereocenters. The van der Waals surface area contributed by atoms with Crippen molar-refractivity contribution in [2.75, 3.05) is 6.61 Å². The van der Waals surface area contributed by atoms with Crippen molar-refractivity contribution in [1.82, 2.24) is 5.32 Å². The van der Waals surface area contributed by atoms with Crippen LogP contribution in [0.5, 0.6) is 5.75 Å². The highest BCUT2D eigenvalue weighted by Gasteiger charge is 2.43. The maximum Gasteiger partial charge on any atom is 0.490 e. The van der Waals surface area contributed by atoms with E-state index in [9.17, 15) is 32.3 Å². The maximum absolute atomic E-state index is 13.0. The lowest BCUT2D eigenvalue weighted by Gasteiger charge is -2.24. The van der Waals surface area contributed by atoms with Crippen LogP contribution in [0.25, 0.3) is 0 Å². The van der Waals surface area contributed by atoms with Crippen molar-refractivity contribution in [3.8, 4) is 5.75 Å². The number of nitrogens with zero attached hydrogens (tertiary/aromatic N) is 1. The molecule has 0 heterocycles. The van der Waals surface area contributed by atoms with Gasteiger partial charge in [-0.25, -0.2) is 9.59 Å². The van der Waals surface area contributed by atoms with Crippen molar-refractivity contribution in [2.24, 2.45) is 10.9 Å². The number of carboxylic acid groups (broad SMARTS) is 1. The number of hydrogen-bond donors (Lipinski definition) is 3. The Bertz CT molecular complexity index is 1100. The molecule has 2 aromatic rings. The minimum atomic E-state index is -5.31. The Balaban J connectivity index is 2.28. The fourth-order valence-electron chi connectivity index (χ4n) is 2.77. The molecule has 1 amide bonds. The Labute approximate surface area is 196 Å². The molecule has 0 aliphatic heterocycles. The van der Waals surface area contributed by atoms with Crippen LogP contribution in [0.3, 0.4) is 0 Å². The highest BCUT2D eigenvalue weighted by Crippen LogP contribution is 2.20. The highest BCUT2D eigenvalue weighted by molar-refractivity contribution is 6.05. The van der Waals surface area contributed by atoms with Crippen LogP contribution >= 0.6 is 0 Å². The number of carbonyl (C=O) groups is 4. The summed E-state index contributed by atoms with van der Waals surface area (Å²) in [4.78, 5) is 47.6. The number of amides is 1. The quantitative estimate of drug-likeness (QED) is 0.148. The normalized spacial score (nSPS) is 13.0. The van der Waals surface area contributed by atoms with E-state index >= 15 is 0 Å². The molecule has 13 heteroatoms. The second kappa shape index (κ2) is 11.6. The van der Waals surface area contributed by atoms with Crippen molar-refractivity contribution in [2.45, 2.75) is 25.2 Å². The van der Waals surface area contributed by atoms with Crippen molar-refractivity contribution in [1.29, 1.82) is 0 Å². The van der Waals surface area contributed by atoms with E-state index in [-0.39, 0.29) is 16.9 Å². The molecular weight excluding hydrogens is 475 g/mol. The van der Waals surface area contributed by atoms with Crippen LogP contribution in [0.1, 0.15) is 33.2 Å². The summed E-state index contributed by atoms with van der Waals surface area (Å²) >= 11 is 0. The minimum Gasteiger partial charge on any atom is -0.482 e. The monoisotopic (exact) mass is 495 g/mol. The van der Waals surface area contributed by atoms with Gasteiger partial charge in [-0.15, -0.1) is 0 Å². The first-order chi connectivity index (χ1) is 16.4. The molecule has 0 bridgehead atoms. The molecule has 0 aliphatic carbocycles. The lowest BCUT2D eigenvalue weighted by atomic mass is 9.99. The van der Waals surface area contributed by atoms with Gasteiger partial charge >= 0.3 is 18.1 Å². The first-order valence-electron chi connectivity index (χ1n) is 9.83. The van der Waals surface area contributed by atoms with E-state index in [0.29, 0.717) is 5.56 Å². The molecule has 0 aromatic heterocycles. The second-order valence-corrected chi connectivity index (χ2v) is 7.03. The zero-order chi connectivity index (χ0) is 26.2. The molecule has 0 aliphatic rings. The average molecular weight is 495 g/mol. The van der Waals surface area contributed by atoms with Crippen molar-refractivity contribution >= 4 is 29.8 Å². The van der Waals surface area contributed by atoms with Crippen LogP contribution in [0, 0.1) is 0 Å². The molecular formula is C22H20F3N3O7. The first kappa shape index (κ1) is 26.8. The SMILES string of the molecule is C[C@@H](OC(=O)C(F)(F)F)[C@H](NC(=O)c1ccc(C=NN)cc1)C(=O)c1ccc(OCC(=O)O)cc1. The van der Waals surface area contributed by atoms with Crippen molar-refractivity contribution < 1.29 is 46.9 Å². The van der Waals surface area contributed by atoms with Crippen LogP contribution in [-0.2, 0) is 14.3 Å². The fraction of sp³-hybridized carbons (Fsp3) is 0.227. The highest BCUT2D eigenvalue weighted by atomic mass is 19.4. The summed E-state index contributed by atoms with van der Waals surface area (Å²) in [5.41, 5.74) is 0.556. The number of nitrogens with two attached hydrogens (primary N) is 1. The molecule has 4 N–H and O–H groups in total. The van der Waals surface area contributed by atoms with Crippen LogP contribution in [0.15, 0.2) is 53.6 Å². The summed E-state index contributed by atoms with van der Waals surface area (Å²) in [6, 6.07) is 9.00. The molecule has 0 saturated carbocycles. The topological polar surface area (TPSA) is 157 Å². The number of ether oxygens (including phenoxy) is 2. The molecule has 10 nitrogen and oxygen atoms in total. The van der Waals surface area contributed by atoms with Gasteiger partial charge in [0.15, 0.2) is 12.4 Å². The molecule has 0 saturated heterocycles. The molecule has 2 atom stereocenters. The summed E-state index contributed by atoms with van der Waals surface area (Å²) < 4.78 is 47.4. The number of benzene rings is 2. The molecule has 35 heavy (non-hydrogen) atoms. The summed E-state index contributed by atoms with van der Waals surface area (Å²) in [5.74, 6) is -0.274. The molecule has 0 radical (unpaired) electrons. The lowest BCUT2D eigenvalue weighted by Crippen LogP contribution is -2.50. The summed E-state index contributed by atoms with van der Waals surface area (Å²) in [6.45, 7) is 0.393. The van der Waals surface area contributed by atoms with Crippen molar-refractivity contribution in [3.63, 3.8) is 0 Å². The lowest BCUT2D eigenvalue weighted by molar-refractivity contribution is -0.204. The summed E-state index contributed by atoms with van der Waals surface area (Å²) in [7, 11) is 0. The van der Waals surface area contributed by atoms with Gasteiger partial charge in [0.1, 0.15) is 17.9 Å². The maximum atomic E-state index is 13.0. The predicted molar refractivity (Wildman–Crippen MR) is 115 cm³/mol. The first-order valence-corrected chi connectivity index (χ1v) is 9.83. The predicted octanol–water partition coefficient (Wildman–Crippen LogP) is 1.92. The second-order valence-electron chi connectivity index (χ2n) is 7.03. The van der Waals surface area contributed by atoms with Crippen LogP contribution < -0.4 is 15.9 Å². The number of nitrogens with one attached hydrogen (secondary N) is 1. The number of alkyl halides is 3. The number of halogens is 3. The largest absolute Gasteiger partial charge is 0.490 e. The van der Waals surface area contributed by atoms with E-state index in [4.69, 9.17) is 15.7 Å². The Morgan fingerprint density at radius 2 is 1.63 bits per heavy atom. The Morgan fingerprint density at radius 3 is 2.14 bits per heavy atom. The van der Waals surface area contributed by atoms with E-state index in [1.54, 1.807) is 0 Å².